The Kier molecular flexibility index (Phi) is 6.73. The van der Waals surface area contributed by atoms with Crippen LogP contribution in [0.4, 0.5) is 0 Å². The molecule has 0 bridgehead atoms. The molecule has 2 aromatic heterocycles. The third-order valence-electron chi connectivity index (χ3n) is 11.2. The molecule has 8 aromatic rings. The maximum atomic E-state index is 12.1. The number of imidazole rings is 1. The van der Waals surface area contributed by atoms with E-state index in [9.17, 15) is 9.22 Å². The van der Waals surface area contributed by atoms with Crippen molar-refractivity contribution >= 4 is 11.0 Å². The number of benzene rings is 6. The van der Waals surface area contributed by atoms with Crippen molar-refractivity contribution < 1.29 is 28.4 Å². The van der Waals surface area contributed by atoms with Gasteiger partial charge >= 0.3 is 0 Å². The van der Waals surface area contributed by atoms with Crippen LogP contribution in [0.25, 0.3) is 72.7 Å². The van der Waals surface area contributed by atoms with Crippen molar-refractivity contribution in [3.8, 4) is 67.5 Å². The van der Waals surface area contributed by atoms with E-state index in [1.807, 2.05) is 131 Å². The minimum Gasteiger partial charge on any atom is -0.507 e. The van der Waals surface area contributed by atoms with Gasteiger partial charge < -0.3 is 5.11 Å². The molecule has 0 aliphatic carbocycles. The molecule has 0 saturated carbocycles. The van der Waals surface area contributed by atoms with Gasteiger partial charge in [-0.25, -0.2) is 4.98 Å². The molecule has 0 aliphatic heterocycles. The highest BCUT2D eigenvalue weighted by atomic mass is 16.3. The summed E-state index contributed by atoms with van der Waals surface area (Å²) < 4.78 is 149. The summed E-state index contributed by atoms with van der Waals surface area (Å²) in [7, 11) is 0. The Balaban J connectivity index is 1.45. The molecular formula is C58H61N3O. The molecule has 0 aliphatic rings. The molecule has 8 rings (SSSR count). The van der Waals surface area contributed by atoms with E-state index in [-0.39, 0.29) is 22.4 Å². The predicted octanol–water partition coefficient (Wildman–Crippen LogP) is 15.8. The second-order valence-electron chi connectivity index (χ2n) is 18.2. The first-order valence-corrected chi connectivity index (χ1v) is 20.6. The van der Waals surface area contributed by atoms with Crippen LogP contribution in [0.1, 0.15) is 133 Å². The van der Waals surface area contributed by atoms with Crippen molar-refractivity contribution in [3.05, 3.63) is 167 Å². The fraction of sp³-hybridized carbons (Fsp3) is 0.276. The van der Waals surface area contributed by atoms with Crippen LogP contribution in [0, 0.1) is 6.92 Å². The van der Waals surface area contributed by atoms with E-state index in [1.165, 1.54) is 0 Å². The molecule has 0 radical (unpaired) electrons. The number of rotatable bonds is 7. The highest BCUT2D eigenvalue weighted by molar-refractivity contribution is 5.98. The van der Waals surface area contributed by atoms with Crippen molar-refractivity contribution in [1.82, 2.24) is 14.5 Å². The number of phenols is 1. The summed E-state index contributed by atoms with van der Waals surface area (Å²) >= 11 is 0. The zero-order valence-corrected chi connectivity index (χ0v) is 36.5. The monoisotopic (exact) mass is 833 g/mol. The number of hydrogen-bond acceptors (Lipinski definition) is 3. The summed E-state index contributed by atoms with van der Waals surface area (Å²) in [5, 5.41) is 12.1. The average Bonchev–Trinajstić information content (AvgIpc) is 2.43. The van der Waals surface area contributed by atoms with Gasteiger partial charge in [-0.05, 0) is 128 Å². The fourth-order valence-electron chi connectivity index (χ4n) is 7.59. The van der Waals surface area contributed by atoms with Gasteiger partial charge in [0.05, 0.1) is 37.6 Å². The Morgan fingerprint density at radius 2 is 1.32 bits per heavy atom. The molecule has 2 heterocycles. The minimum atomic E-state index is -3.93. The molecule has 0 unspecified atom stereocenters. The van der Waals surface area contributed by atoms with E-state index in [1.54, 1.807) is 12.1 Å². The fourth-order valence-corrected chi connectivity index (χ4v) is 7.59. The first-order valence-electron chi connectivity index (χ1n) is 29.1. The number of para-hydroxylation sites is 1. The number of pyridine rings is 1. The van der Waals surface area contributed by atoms with E-state index in [2.05, 4.69) is 25.8 Å². The van der Waals surface area contributed by atoms with Crippen molar-refractivity contribution in [2.45, 2.75) is 105 Å². The van der Waals surface area contributed by atoms with Gasteiger partial charge in [-0.15, -0.1) is 0 Å². The van der Waals surface area contributed by atoms with E-state index in [4.69, 9.17) is 24.2 Å². The van der Waals surface area contributed by atoms with E-state index in [0.29, 0.717) is 44.8 Å². The quantitative estimate of drug-likeness (QED) is 0.174. The molecule has 1 N–H and O–H groups in total. The lowest BCUT2D eigenvalue weighted by Gasteiger charge is -2.22. The number of aryl methyl sites for hydroxylation is 1. The summed E-state index contributed by atoms with van der Waals surface area (Å²) in [4.78, 5) is 9.84. The first-order chi connectivity index (χ1) is 36.2. The summed E-state index contributed by atoms with van der Waals surface area (Å²) in [6.45, 7) is 5.88. The molecular weight excluding hydrogens is 755 g/mol. The second-order valence-corrected chi connectivity index (χ2v) is 18.2. The molecule has 62 heavy (non-hydrogen) atoms. The van der Waals surface area contributed by atoms with Crippen LogP contribution in [0.3, 0.4) is 0 Å². The van der Waals surface area contributed by atoms with Crippen LogP contribution in [-0.2, 0) is 16.2 Å². The Hall–Kier alpha value is -6.26. The molecule has 0 amide bonds. The number of phenolic OH excluding ortho intramolecular Hbond substituents is 1. The van der Waals surface area contributed by atoms with Crippen LogP contribution in [0.2, 0.25) is 0 Å². The van der Waals surface area contributed by atoms with E-state index < -0.39 is 96.4 Å². The van der Waals surface area contributed by atoms with Gasteiger partial charge in [0.15, 0.2) is 0 Å². The lowest BCUT2D eigenvalue weighted by molar-refractivity contribution is 0.471. The van der Waals surface area contributed by atoms with Gasteiger partial charge in [0, 0.05) is 36.6 Å². The topological polar surface area (TPSA) is 50.9 Å². The third-order valence-corrected chi connectivity index (χ3v) is 11.2. The van der Waals surface area contributed by atoms with Gasteiger partial charge in [-0.2, -0.15) is 0 Å². The number of aromatic hydroxyl groups is 1. The smallest absolute Gasteiger partial charge is 0.149 e. The molecule has 0 fully saturated rings. The van der Waals surface area contributed by atoms with Crippen LogP contribution in [-0.4, -0.2) is 19.6 Å². The molecule has 0 saturated heterocycles. The molecule has 6 aromatic carbocycles. The Morgan fingerprint density at radius 1 is 0.629 bits per heavy atom. The summed E-state index contributed by atoms with van der Waals surface area (Å²) in [5.74, 6) is -0.507. The average molecular weight is 833 g/mol. The molecule has 4 nitrogen and oxygen atoms in total. The van der Waals surface area contributed by atoms with Gasteiger partial charge in [0.25, 0.3) is 0 Å². The van der Waals surface area contributed by atoms with Crippen LogP contribution in [0.5, 0.6) is 5.75 Å². The zero-order chi connectivity index (χ0) is 58.8. The SMILES string of the molecule is [2H]c1nc(-c2cc(-c3cccc4c3nc(-c3cc(C(C)(C)C)cc(C)c3O)n4-c3ccc(C([2H])(C)C)cc3-c3ccccc3)cc(C(C)(C)C)c2)c([2H])c(-c2c([2H])c([2H])c(C(C([2H])([2H])[2H])(C([2H])([2H])[2H])C([2H])([2H])[2H])c([2H])c2[2H])c1[2H]. The maximum Gasteiger partial charge on any atom is 0.149 e. The largest absolute Gasteiger partial charge is 0.507 e. The maximum absolute atomic E-state index is 12.1. The lowest BCUT2D eigenvalue weighted by atomic mass is 9.83. The lowest BCUT2D eigenvalue weighted by Crippen LogP contribution is -2.12. The van der Waals surface area contributed by atoms with Crippen molar-refractivity contribution in [2.24, 2.45) is 0 Å². The highest BCUT2D eigenvalue weighted by Crippen LogP contribution is 2.44. The summed E-state index contributed by atoms with van der Waals surface area (Å²) in [6, 6.07) is 24.4. The van der Waals surface area contributed by atoms with Gasteiger partial charge in [-0.3, -0.25) is 9.55 Å². The Labute approximate surface area is 393 Å². The van der Waals surface area contributed by atoms with Crippen molar-refractivity contribution in [2.75, 3.05) is 0 Å². The van der Waals surface area contributed by atoms with Gasteiger partial charge in [0.2, 0.25) is 0 Å². The molecule has 0 atom stereocenters. The minimum absolute atomic E-state index is 0.0322. The predicted molar refractivity (Wildman–Crippen MR) is 263 cm³/mol. The molecule has 4 heteroatoms. The normalized spacial score (nSPS) is 17.1. The van der Waals surface area contributed by atoms with Gasteiger partial charge in [0.1, 0.15) is 11.6 Å². The standard InChI is InChI=1S/C58H61N3O/c1-36(2)40-23-26-51(48(33-40)39-17-14-13-15-18-39)61-52-20-16-19-47(53(52)60-55(61)49-35-45(57(7,8)9)29-37(3)54(49)62)42-30-43(32-46(31-42)58(10,11)12)50-34-41(27-28-59-50)38-21-24-44(25-22-38)56(4,5)6/h13-36,62H,1-12H3/i4D3,5D3,6D3,21D,22D,24D,25D,27D,28D,34D,36D. The highest BCUT2D eigenvalue weighted by Gasteiger charge is 2.26. The second kappa shape index (κ2) is 15.9. The Morgan fingerprint density at radius 3 is 2.00 bits per heavy atom. The Bertz CT molecular complexity index is 3680. The molecule has 314 valence electrons. The zero-order valence-electron chi connectivity index (χ0n) is 53.5. The third kappa shape index (κ3) is 8.23. The first kappa shape index (κ1) is 26.3. The van der Waals surface area contributed by atoms with Crippen LogP contribution in [0.15, 0.2) is 139 Å². The van der Waals surface area contributed by atoms with Crippen LogP contribution >= 0.6 is 0 Å². The molecule has 0 spiro atoms. The van der Waals surface area contributed by atoms with Crippen molar-refractivity contribution in [1.29, 1.82) is 0 Å². The summed E-state index contributed by atoms with van der Waals surface area (Å²) in [6.07, 6.45) is -0.737. The number of aromatic nitrogens is 3. The summed E-state index contributed by atoms with van der Waals surface area (Å²) in [5.41, 5.74) is 0.687. The number of fused-ring (bicyclic) bond motifs is 1. The van der Waals surface area contributed by atoms with Crippen LogP contribution < -0.4 is 0 Å². The van der Waals surface area contributed by atoms with Crippen molar-refractivity contribution in [3.63, 3.8) is 0 Å². The number of nitrogens with zero attached hydrogens (tertiary/aromatic N) is 3. The van der Waals surface area contributed by atoms with Gasteiger partial charge in [-0.1, -0.05) is 161 Å². The number of hydrogen-bond donors (Lipinski definition) is 1. The van der Waals surface area contributed by atoms with E-state index in [0.717, 1.165) is 27.8 Å². The van der Waals surface area contributed by atoms with E-state index >= 15 is 0 Å².